The molecule has 2 saturated carbocycles. The molecule has 2 fully saturated rings. The maximum absolute atomic E-state index is 12.7. The van der Waals surface area contributed by atoms with E-state index in [0.717, 1.165) is 56.3 Å². The molecule has 4 rings (SSSR count). The Morgan fingerprint density at radius 3 is 2.77 bits per heavy atom. The Labute approximate surface area is 187 Å². The van der Waals surface area contributed by atoms with Gasteiger partial charge in [0.1, 0.15) is 10.8 Å². The number of aryl methyl sites for hydroxylation is 1. The van der Waals surface area contributed by atoms with Gasteiger partial charge in [-0.05, 0) is 57.7 Å². The molecule has 31 heavy (non-hydrogen) atoms. The molecule has 0 bridgehead atoms. The fraction of sp³-hybridized carbons (Fsp3) is 0.591. The number of pyridine rings is 1. The van der Waals surface area contributed by atoms with Crippen molar-refractivity contribution in [2.75, 3.05) is 12.9 Å². The van der Waals surface area contributed by atoms with Crippen LogP contribution in [-0.4, -0.2) is 55.6 Å². The minimum absolute atomic E-state index is 0. The van der Waals surface area contributed by atoms with Crippen molar-refractivity contribution in [3.05, 3.63) is 41.4 Å². The largest absolute Gasteiger partial charge is 0.412 e. The minimum Gasteiger partial charge on any atom is -0.412 e. The Balaban J connectivity index is 0.00000181. The lowest BCUT2D eigenvalue weighted by molar-refractivity contribution is 0.0917. The van der Waals surface area contributed by atoms with Gasteiger partial charge in [0.05, 0.1) is 16.7 Å². The summed E-state index contributed by atoms with van der Waals surface area (Å²) in [4.78, 5) is 19.1. The third kappa shape index (κ3) is 6.21. The maximum atomic E-state index is 12.7. The van der Waals surface area contributed by atoms with Crippen LogP contribution in [0.1, 0.15) is 74.1 Å². The Hall–Kier alpha value is -2.10. The minimum atomic E-state index is -1.17. The Morgan fingerprint density at radius 2 is 2.06 bits per heavy atom. The van der Waals surface area contributed by atoms with Crippen LogP contribution in [-0.2, 0) is 10.8 Å². The van der Waals surface area contributed by atoms with E-state index in [1.165, 1.54) is 0 Å². The molecule has 2 aliphatic carbocycles. The van der Waals surface area contributed by atoms with Crippen LogP contribution in [0.25, 0.3) is 0 Å². The van der Waals surface area contributed by atoms with Crippen LogP contribution in [0.15, 0.2) is 33.9 Å². The van der Waals surface area contributed by atoms with Gasteiger partial charge in [0.25, 0.3) is 5.91 Å². The molecule has 0 saturated heterocycles. The molecule has 0 aromatic carbocycles. The predicted molar refractivity (Wildman–Crippen MR) is 120 cm³/mol. The van der Waals surface area contributed by atoms with E-state index in [4.69, 9.17) is 4.52 Å². The molecule has 2 aliphatic rings. The van der Waals surface area contributed by atoms with Crippen LogP contribution in [0.3, 0.4) is 0 Å². The van der Waals surface area contributed by atoms with Gasteiger partial charge >= 0.3 is 0 Å². The highest BCUT2D eigenvalue weighted by atomic mass is 32.2. The first-order valence-electron chi connectivity index (χ1n) is 10.8. The zero-order chi connectivity index (χ0) is 21.1. The molecule has 8 nitrogen and oxygen atoms in total. The molecule has 2 unspecified atom stereocenters. The molecular formula is C22H34N4O4S. The van der Waals surface area contributed by atoms with E-state index in [2.05, 4.69) is 20.4 Å². The highest BCUT2D eigenvalue weighted by molar-refractivity contribution is 7.84. The standard InChI is InChI=1S/C22H30N4O3S.H2O.H2/c1-15-7-10-21(23-13-15)30(28)14-26(2)18-6-4-3-5-17(11-18)24-22(27)19-12-20(29-25-19)16-8-9-16;;/h7,10,12-13,16-18H,3-6,8-9,11,14H2,1-2H3,(H,24,27);1H2;1H/t17-,18?,30?;;/m1../s1. The van der Waals surface area contributed by atoms with Gasteiger partial charge in [-0.2, -0.15) is 0 Å². The highest BCUT2D eigenvalue weighted by Gasteiger charge is 2.30. The van der Waals surface area contributed by atoms with Gasteiger partial charge in [-0.15, -0.1) is 0 Å². The van der Waals surface area contributed by atoms with Crippen LogP contribution in [0.2, 0.25) is 0 Å². The Morgan fingerprint density at radius 1 is 1.29 bits per heavy atom. The topological polar surface area (TPSA) is 120 Å². The number of nitrogens with one attached hydrogen (secondary N) is 1. The normalized spacial score (nSPS) is 22.4. The molecule has 9 heteroatoms. The number of carbonyl (C=O) groups excluding carboxylic acids is 1. The van der Waals surface area contributed by atoms with Crippen molar-refractivity contribution in [1.82, 2.24) is 20.4 Å². The zero-order valence-corrected chi connectivity index (χ0v) is 19.0. The molecule has 0 radical (unpaired) electrons. The van der Waals surface area contributed by atoms with E-state index >= 15 is 0 Å². The monoisotopic (exact) mass is 450 g/mol. The van der Waals surface area contributed by atoms with Crippen molar-refractivity contribution in [3.63, 3.8) is 0 Å². The lowest BCUT2D eigenvalue weighted by atomic mass is 10.0. The number of aromatic nitrogens is 2. The molecule has 2 aromatic heterocycles. The second-order valence-corrected chi connectivity index (χ2v) is 10.0. The number of nitrogens with zero attached hydrogens (tertiary/aromatic N) is 3. The third-order valence-corrected chi connectivity index (χ3v) is 7.38. The summed E-state index contributed by atoms with van der Waals surface area (Å²) in [5.74, 6) is 1.55. The Kier molecular flexibility index (Phi) is 7.96. The van der Waals surface area contributed by atoms with Crippen LogP contribution >= 0.6 is 0 Å². The van der Waals surface area contributed by atoms with Crippen LogP contribution in [0, 0.1) is 6.92 Å². The second-order valence-electron chi connectivity index (χ2n) is 8.64. The second kappa shape index (κ2) is 10.5. The van der Waals surface area contributed by atoms with E-state index in [0.29, 0.717) is 22.5 Å². The van der Waals surface area contributed by atoms with E-state index in [9.17, 15) is 9.00 Å². The summed E-state index contributed by atoms with van der Waals surface area (Å²) in [6, 6.07) is 5.91. The van der Waals surface area contributed by atoms with Gasteiger partial charge in [-0.3, -0.25) is 13.9 Å². The van der Waals surface area contributed by atoms with Crippen LogP contribution < -0.4 is 5.32 Å². The number of carbonyl (C=O) groups is 1. The fourth-order valence-corrected chi connectivity index (χ4v) is 5.13. The SMILES string of the molecule is Cc1ccc(S(=O)CN(C)C2CCCC[C@@H](NC(=O)c3cc(C4CC4)on3)C2)nc1.O.[HH]. The molecule has 2 aromatic rings. The third-order valence-electron chi connectivity index (χ3n) is 6.03. The summed E-state index contributed by atoms with van der Waals surface area (Å²) in [7, 11) is 0.843. The van der Waals surface area contributed by atoms with Gasteiger partial charge in [0.2, 0.25) is 0 Å². The first-order valence-corrected chi connectivity index (χ1v) is 12.1. The van der Waals surface area contributed by atoms with E-state index in [-0.39, 0.29) is 24.9 Å². The molecule has 0 spiro atoms. The van der Waals surface area contributed by atoms with Gasteiger partial charge in [-0.1, -0.05) is 24.1 Å². The lowest BCUT2D eigenvalue weighted by Crippen LogP contribution is -2.41. The van der Waals surface area contributed by atoms with Gasteiger partial charge in [0, 0.05) is 31.7 Å². The number of hydrogen-bond donors (Lipinski definition) is 1. The van der Waals surface area contributed by atoms with E-state index < -0.39 is 10.8 Å². The number of amides is 1. The Bertz CT molecular complexity index is 904. The fourth-order valence-electron chi connectivity index (χ4n) is 4.03. The lowest BCUT2D eigenvalue weighted by Gasteiger charge is -2.29. The first-order chi connectivity index (χ1) is 14.5. The van der Waals surface area contributed by atoms with Crippen molar-refractivity contribution < 1.29 is 20.4 Å². The summed E-state index contributed by atoms with van der Waals surface area (Å²) in [6.07, 6.45) is 9.00. The van der Waals surface area contributed by atoms with E-state index in [1.807, 2.05) is 26.1 Å². The summed E-state index contributed by atoms with van der Waals surface area (Å²) >= 11 is 0. The molecule has 1 amide bonds. The van der Waals surface area contributed by atoms with E-state index in [1.54, 1.807) is 12.3 Å². The smallest absolute Gasteiger partial charge is 0.273 e. The van der Waals surface area contributed by atoms with Crippen LogP contribution in [0.4, 0.5) is 0 Å². The van der Waals surface area contributed by atoms with Gasteiger partial charge in [-0.25, -0.2) is 4.98 Å². The molecule has 2 heterocycles. The summed E-state index contributed by atoms with van der Waals surface area (Å²) < 4.78 is 18.0. The summed E-state index contributed by atoms with van der Waals surface area (Å²) in [6.45, 7) is 1.97. The van der Waals surface area contributed by atoms with Crippen molar-refractivity contribution in [1.29, 1.82) is 0 Å². The van der Waals surface area contributed by atoms with Gasteiger partial charge < -0.3 is 15.3 Å². The zero-order valence-electron chi connectivity index (χ0n) is 18.2. The van der Waals surface area contributed by atoms with Crippen molar-refractivity contribution in [2.45, 2.75) is 74.9 Å². The number of rotatable bonds is 7. The molecular weight excluding hydrogens is 416 g/mol. The average Bonchev–Trinajstić information content (AvgIpc) is 3.50. The molecule has 172 valence electrons. The van der Waals surface area contributed by atoms with Crippen LogP contribution in [0.5, 0.6) is 0 Å². The molecule has 3 N–H and O–H groups in total. The van der Waals surface area contributed by atoms with Crippen molar-refractivity contribution >= 4 is 16.7 Å². The van der Waals surface area contributed by atoms with Crippen molar-refractivity contribution in [2.24, 2.45) is 0 Å². The maximum Gasteiger partial charge on any atom is 0.273 e. The predicted octanol–water partition coefficient (Wildman–Crippen LogP) is 2.80. The van der Waals surface area contributed by atoms with Gasteiger partial charge in [0.15, 0.2) is 5.69 Å². The summed E-state index contributed by atoms with van der Waals surface area (Å²) in [5.41, 5.74) is 1.43. The number of hydrogen-bond acceptors (Lipinski definition) is 6. The highest BCUT2D eigenvalue weighted by Crippen LogP contribution is 2.40. The average molecular weight is 451 g/mol. The summed E-state index contributed by atoms with van der Waals surface area (Å²) in [5, 5.41) is 7.72. The molecule has 3 atom stereocenters. The molecule has 0 aliphatic heterocycles. The first kappa shape index (κ1) is 23.6. The van der Waals surface area contributed by atoms with Crippen molar-refractivity contribution in [3.8, 4) is 0 Å². The quantitative estimate of drug-likeness (QED) is 0.648.